The Kier molecular flexibility index (Phi) is 3.54. The summed E-state index contributed by atoms with van der Waals surface area (Å²) in [4.78, 5) is 16.3. The van der Waals surface area contributed by atoms with Gasteiger partial charge in [0, 0.05) is 5.56 Å². The zero-order chi connectivity index (χ0) is 12.3. The molecule has 2 rings (SSSR count). The predicted molar refractivity (Wildman–Crippen MR) is 68.2 cm³/mol. The lowest BCUT2D eigenvalue weighted by atomic mass is 10.2. The quantitative estimate of drug-likeness (QED) is 0.781. The molecule has 0 N–H and O–H groups in total. The monoisotopic (exact) mass is 247 g/mol. The van der Waals surface area contributed by atoms with Crippen LogP contribution < -0.4 is 0 Å². The first-order chi connectivity index (χ1) is 8.20. The van der Waals surface area contributed by atoms with Gasteiger partial charge in [0.15, 0.2) is 0 Å². The predicted octanol–water partition coefficient (Wildman–Crippen LogP) is 3.30. The summed E-state index contributed by atoms with van der Waals surface area (Å²) in [5.41, 5.74) is 2.23. The molecule has 0 atom stereocenters. The molecule has 0 spiro atoms. The van der Waals surface area contributed by atoms with Gasteiger partial charge < -0.3 is 4.74 Å². The third-order valence-electron chi connectivity index (χ3n) is 2.28. The summed E-state index contributed by atoms with van der Waals surface area (Å²) in [5.74, 6) is -0.302. The summed E-state index contributed by atoms with van der Waals surface area (Å²) < 4.78 is 4.93. The maximum atomic E-state index is 11.5. The number of hydrogen-bond acceptors (Lipinski definition) is 4. The van der Waals surface area contributed by atoms with Crippen LogP contribution in [0.3, 0.4) is 0 Å². The summed E-state index contributed by atoms with van der Waals surface area (Å²) in [6, 6.07) is 8.06. The lowest BCUT2D eigenvalue weighted by Gasteiger charge is -1.97. The number of hydrogen-bond donors (Lipinski definition) is 0. The van der Waals surface area contributed by atoms with Crippen LogP contribution >= 0.6 is 11.3 Å². The molecule has 17 heavy (non-hydrogen) atoms. The van der Waals surface area contributed by atoms with E-state index in [0.717, 1.165) is 10.6 Å². The van der Waals surface area contributed by atoms with E-state index in [1.807, 2.05) is 31.2 Å². The number of rotatable bonds is 3. The molecule has 0 saturated heterocycles. The van der Waals surface area contributed by atoms with Crippen molar-refractivity contribution < 1.29 is 9.53 Å². The smallest absolute Gasteiger partial charge is 0.349 e. The molecule has 0 radical (unpaired) electrons. The van der Waals surface area contributed by atoms with E-state index in [9.17, 15) is 4.79 Å². The van der Waals surface area contributed by atoms with Gasteiger partial charge in [0.1, 0.15) is 9.88 Å². The van der Waals surface area contributed by atoms with Crippen molar-refractivity contribution >= 4 is 17.3 Å². The van der Waals surface area contributed by atoms with Gasteiger partial charge in [0.2, 0.25) is 0 Å². The summed E-state index contributed by atoms with van der Waals surface area (Å²) in [7, 11) is 0. The van der Waals surface area contributed by atoms with E-state index >= 15 is 0 Å². The summed E-state index contributed by atoms with van der Waals surface area (Å²) in [6.07, 6.45) is 1.57. The number of esters is 1. The van der Waals surface area contributed by atoms with Crippen LogP contribution in [0.5, 0.6) is 0 Å². The SMILES string of the molecule is CCOC(=O)c1cnc(-c2ccc(C)cc2)s1. The third-order valence-corrected chi connectivity index (χ3v) is 3.31. The molecule has 1 heterocycles. The highest BCUT2D eigenvalue weighted by Crippen LogP contribution is 2.25. The van der Waals surface area contributed by atoms with E-state index in [0.29, 0.717) is 11.5 Å². The van der Waals surface area contributed by atoms with Crippen molar-refractivity contribution in [3.63, 3.8) is 0 Å². The van der Waals surface area contributed by atoms with Crippen LogP contribution in [0.15, 0.2) is 30.5 Å². The lowest BCUT2D eigenvalue weighted by Crippen LogP contribution is -2.01. The number of ether oxygens (including phenoxy) is 1. The maximum absolute atomic E-state index is 11.5. The minimum Gasteiger partial charge on any atom is -0.462 e. The van der Waals surface area contributed by atoms with Crippen LogP contribution in [0.1, 0.15) is 22.2 Å². The number of carbonyl (C=O) groups is 1. The fourth-order valence-electron chi connectivity index (χ4n) is 1.40. The van der Waals surface area contributed by atoms with Crippen molar-refractivity contribution in [1.29, 1.82) is 0 Å². The van der Waals surface area contributed by atoms with E-state index in [1.54, 1.807) is 13.1 Å². The molecule has 0 aliphatic carbocycles. The van der Waals surface area contributed by atoms with E-state index in [2.05, 4.69) is 4.98 Å². The van der Waals surface area contributed by atoms with Gasteiger partial charge in [-0.25, -0.2) is 9.78 Å². The van der Waals surface area contributed by atoms with E-state index < -0.39 is 0 Å². The van der Waals surface area contributed by atoms with Crippen molar-refractivity contribution in [3.8, 4) is 10.6 Å². The zero-order valence-electron chi connectivity index (χ0n) is 9.77. The van der Waals surface area contributed by atoms with Crippen LogP contribution in [0, 0.1) is 6.92 Å². The molecule has 0 amide bonds. The average Bonchev–Trinajstić information content (AvgIpc) is 2.80. The minimum atomic E-state index is -0.302. The highest BCUT2D eigenvalue weighted by Gasteiger charge is 2.12. The number of carbonyl (C=O) groups excluding carboxylic acids is 1. The maximum Gasteiger partial charge on any atom is 0.349 e. The van der Waals surface area contributed by atoms with Crippen LogP contribution in [0.25, 0.3) is 10.6 Å². The Labute approximate surface area is 104 Å². The number of aryl methyl sites for hydroxylation is 1. The average molecular weight is 247 g/mol. The van der Waals surface area contributed by atoms with Gasteiger partial charge in [-0.1, -0.05) is 29.8 Å². The molecule has 1 aromatic carbocycles. The largest absolute Gasteiger partial charge is 0.462 e. The Balaban J connectivity index is 2.23. The Hall–Kier alpha value is -1.68. The van der Waals surface area contributed by atoms with Gasteiger partial charge in [-0.15, -0.1) is 11.3 Å². The topological polar surface area (TPSA) is 39.2 Å². The normalized spacial score (nSPS) is 10.2. The first-order valence-electron chi connectivity index (χ1n) is 5.40. The molecule has 0 saturated carbocycles. The number of aromatic nitrogens is 1. The van der Waals surface area contributed by atoms with Crippen molar-refractivity contribution in [2.75, 3.05) is 6.61 Å². The third kappa shape index (κ3) is 2.71. The highest BCUT2D eigenvalue weighted by atomic mass is 32.1. The second-order valence-corrected chi connectivity index (χ2v) is 4.65. The van der Waals surface area contributed by atoms with Gasteiger partial charge >= 0.3 is 5.97 Å². The van der Waals surface area contributed by atoms with Crippen molar-refractivity contribution in [2.24, 2.45) is 0 Å². The number of benzene rings is 1. The fraction of sp³-hybridized carbons (Fsp3) is 0.231. The molecular formula is C13H13NO2S. The molecule has 1 aromatic heterocycles. The highest BCUT2D eigenvalue weighted by molar-refractivity contribution is 7.16. The van der Waals surface area contributed by atoms with E-state index in [4.69, 9.17) is 4.74 Å². The standard InChI is InChI=1S/C13H13NO2S/c1-3-16-13(15)11-8-14-12(17-11)10-6-4-9(2)5-7-10/h4-8H,3H2,1-2H3. The molecule has 0 bridgehead atoms. The van der Waals surface area contributed by atoms with Gasteiger partial charge in [-0.05, 0) is 13.8 Å². The second-order valence-electron chi connectivity index (χ2n) is 3.62. The fourth-order valence-corrected chi connectivity index (χ4v) is 2.22. The van der Waals surface area contributed by atoms with Crippen molar-refractivity contribution in [2.45, 2.75) is 13.8 Å². The Bertz CT molecular complexity index is 516. The first kappa shape index (κ1) is 11.8. The van der Waals surface area contributed by atoms with Crippen LogP contribution in [-0.2, 0) is 4.74 Å². The Morgan fingerprint density at radius 3 is 2.71 bits per heavy atom. The number of nitrogens with zero attached hydrogens (tertiary/aromatic N) is 1. The first-order valence-corrected chi connectivity index (χ1v) is 6.22. The molecule has 2 aromatic rings. The van der Waals surface area contributed by atoms with Crippen molar-refractivity contribution in [3.05, 3.63) is 40.9 Å². The van der Waals surface area contributed by atoms with Gasteiger partial charge in [-0.3, -0.25) is 0 Å². The lowest BCUT2D eigenvalue weighted by molar-refractivity contribution is 0.0532. The molecule has 0 aliphatic rings. The van der Waals surface area contributed by atoms with E-state index in [1.165, 1.54) is 16.9 Å². The minimum absolute atomic E-state index is 0.302. The number of thiazole rings is 1. The van der Waals surface area contributed by atoms with Crippen LogP contribution in [0.4, 0.5) is 0 Å². The summed E-state index contributed by atoms with van der Waals surface area (Å²) in [5, 5.41) is 0.841. The van der Waals surface area contributed by atoms with Gasteiger partial charge in [0.25, 0.3) is 0 Å². The molecular weight excluding hydrogens is 234 g/mol. The molecule has 88 valence electrons. The Morgan fingerprint density at radius 2 is 2.06 bits per heavy atom. The van der Waals surface area contributed by atoms with Crippen LogP contribution in [0.2, 0.25) is 0 Å². The molecule has 0 fully saturated rings. The molecule has 4 heteroatoms. The van der Waals surface area contributed by atoms with Crippen molar-refractivity contribution in [1.82, 2.24) is 4.98 Å². The van der Waals surface area contributed by atoms with Crippen LogP contribution in [-0.4, -0.2) is 17.6 Å². The Morgan fingerprint density at radius 1 is 1.35 bits per heavy atom. The van der Waals surface area contributed by atoms with Gasteiger partial charge in [-0.2, -0.15) is 0 Å². The molecule has 0 aliphatic heterocycles. The zero-order valence-corrected chi connectivity index (χ0v) is 10.6. The van der Waals surface area contributed by atoms with E-state index in [-0.39, 0.29) is 5.97 Å². The molecule has 3 nitrogen and oxygen atoms in total. The summed E-state index contributed by atoms with van der Waals surface area (Å²) in [6.45, 7) is 4.21. The van der Waals surface area contributed by atoms with Gasteiger partial charge in [0.05, 0.1) is 12.8 Å². The second kappa shape index (κ2) is 5.10. The molecule has 0 unspecified atom stereocenters. The summed E-state index contributed by atoms with van der Waals surface area (Å²) >= 11 is 1.35.